The second-order valence-corrected chi connectivity index (χ2v) is 7.76. The van der Waals surface area contributed by atoms with Gasteiger partial charge >= 0.3 is 5.97 Å². The van der Waals surface area contributed by atoms with Gasteiger partial charge in [-0.1, -0.05) is 43.7 Å². The van der Waals surface area contributed by atoms with E-state index in [4.69, 9.17) is 14.8 Å². The Morgan fingerprint density at radius 3 is 2.69 bits per heavy atom. The second kappa shape index (κ2) is 8.16. The maximum atomic E-state index is 11.8. The van der Waals surface area contributed by atoms with Gasteiger partial charge in [-0.25, -0.2) is 5.48 Å². The normalized spacial score (nSPS) is 25.8. The summed E-state index contributed by atoms with van der Waals surface area (Å²) in [6.07, 6.45) is 9.72. The van der Waals surface area contributed by atoms with Gasteiger partial charge in [-0.15, -0.1) is 0 Å². The summed E-state index contributed by atoms with van der Waals surface area (Å²) >= 11 is 0. The molecule has 2 fully saturated rings. The molecule has 0 aromatic carbocycles. The molecule has 2 aliphatic rings. The van der Waals surface area contributed by atoms with E-state index < -0.39 is 17.3 Å². The first-order chi connectivity index (χ1) is 12.5. The Kier molecular flexibility index (Phi) is 5.90. The minimum atomic E-state index is -0.914. The Morgan fingerprint density at radius 2 is 2.00 bits per heavy atom. The van der Waals surface area contributed by atoms with Crippen LogP contribution in [0.2, 0.25) is 0 Å². The third-order valence-electron chi connectivity index (χ3n) is 5.94. The maximum absolute atomic E-state index is 11.8. The van der Waals surface area contributed by atoms with Crippen molar-refractivity contribution in [3.8, 4) is 0 Å². The minimum absolute atomic E-state index is 0.0613. The average Bonchev–Trinajstić information content (AvgIpc) is 3.12. The van der Waals surface area contributed by atoms with Gasteiger partial charge in [0.15, 0.2) is 5.82 Å². The van der Waals surface area contributed by atoms with E-state index in [1.165, 1.54) is 32.1 Å². The molecule has 2 atom stereocenters. The van der Waals surface area contributed by atoms with Crippen LogP contribution in [0.5, 0.6) is 0 Å². The van der Waals surface area contributed by atoms with Gasteiger partial charge in [-0.3, -0.25) is 14.8 Å². The Labute approximate surface area is 152 Å². The Balaban J connectivity index is 1.64. The molecule has 3 N–H and O–H groups in total. The summed E-state index contributed by atoms with van der Waals surface area (Å²) in [4.78, 5) is 26.8. The Morgan fingerprint density at radius 1 is 1.23 bits per heavy atom. The smallest absolute Gasteiger partial charge is 0.303 e. The van der Waals surface area contributed by atoms with Crippen molar-refractivity contribution in [1.29, 1.82) is 0 Å². The molecule has 0 bridgehead atoms. The number of hydrogen-bond acceptors (Lipinski definition) is 6. The zero-order chi connectivity index (χ0) is 18.6. The van der Waals surface area contributed by atoms with Crippen molar-refractivity contribution in [2.45, 2.75) is 76.0 Å². The molecule has 1 aromatic rings. The summed E-state index contributed by atoms with van der Waals surface area (Å²) in [7, 11) is 0. The largest absolute Gasteiger partial charge is 0.481 e. The molecule has 144 valence electrons. The number of aliphatic carboxylic acids is 1. The van der Waals surface area contributed by atoms with E-state index in [-0.39, 0.29) is 25.2 Å². The zero-order valence-corrected chi connectivity index (χ0v) is 14.9. The number of aryl methyl sites for hydroxylation is 1. The number of rotatable bonds is 9. The fourth-order valence-corrected chi connectivity index (χ4v) is 4.33. The zero-order valence-electron chi connectivity index (χ0n) is 14.9. The summed E-state index contributed by atoms with van der Waals surface area (Å²) in [6, 6.07) is 0. The highest BCUT2D eigenvalue weighted by molar-refractivity contribution is 5.77. The van der Waals surface area contributed by atoms with Gasteiger partial charge in [-0.2, -0.15) is 4.98 Å². The predicted molar refractivity (Wildman–Crippen MR) is 90.4 cm³/mol. The van der Waals surface area contributed by atoms with Crippen molar-refractivity contribution >= 4 is 11.9 Å². The second-order valence-electron chi connectivity index (χ2n) is 7.76. The number of nitrogens with zero attached hydrogens (tertiary/aromatic N) is 2. The topological polar surface area (TPSA) is 126 Å². The number of hydrogen-bond donors (Lipinski definition) is 3. The minimum Gasteiger partial charge on any atom is -0.481 e. The van der Waals surface area contributed by atoms with Crippen LogP contribution >= 0.6 is 0 Å². The van der Waals surface area contributed by atoms with Crippen molar-refractivity contribution in [3.63, 3.8) is 0 Å². The van der Waals surface area contributed by atoms with Crippen LogP contribution in [0.25, 0.3) is 0 Å². The molecule has 8 heteroatoms. The Bertz CT molecular complexity index is 641. The molecule has 3 rings (SSSR count). The van der Waals surface area contributed by atoms with Crippen molar-refractivity contribution in [2.75, 3.05) is 0 Å². The standard InChI is InChI=1S/C18H27N3O5/c22-15(20-25)11-18(17-19-14(21-26-17)8-9-16(23)24)10-13(18)7-6-12-4-2-1-3-5-12/h12-13,25H,1-11H2,(H,20,22)(H,23,24). The number of carboxylic acid groups (broad SMARTS) is 1. The molecule has 1 heterocycles. The number of carboxylic acids is 1. The van der Waals surface area contributed by atoms with Crippen LogP contribution < -0.4 is 5.48 Å². The van der Waals surface area contributed by atoms with Gasteiger partial charge in [0.2, 0.25) is 11.8 Å². The first-order valence-corrected chi connectivity index (χ1v) is 9.51. The molecule has 0 aliphatic heterocycles. The number of hydroxylamine groups is 1. The van der Waals surface area contributed by atoms with Crippen LogP contribution in [0, 0.1) is 11.8 Å². The fourth-order valence-electron chi connectivity index (χ4n) is 4.33. The van der Waals surface area contributed by atoms with E-state index in [1.54, 1.807) is 5.48 Å². The van der Waals surface area contributed by atoms with E-state index in [1.807, 2.05) is 0 Å². The Hall–Kier alpha value is -1.96. The van der Waals surface area contributed by atoms with Crippen LogP contribution in [0.15, 0.2) is 4.52 Å². The summed E-state index contributed by atoms with van der Waals surface area (Å²) in [5.74, 6) is 0.425. The van der Waals surface area contributed by atoms with Crippen LogP contribution in [0.3, 0.4) is 0 Å². The summed E-state index contributed by atoms with van der Waals surface area (Å²) < 4.78 is 5.38. The van der Waals surface area contributed by atoms with Crippen LogP contribution in [-0.4, -0.2) is 32.3 Å². The lowest BCUT2D eigenvalue weighted by atomic mass is 9.84. The molecular formula is C18H27N3O5. The van der Waals surface area contributed by atoms with E-state index in [0.29, 0.717) is 11.7 Å². The van der Waals surface area contributed by atoms with Crippen molar-refractivity contribution in [1.82, 2.24) is 15.6 Å². The van der Waals surface area contributed by atoms with Gasteiger partial charge in [0, 0.05) is 12.8 Å². The van der Waals surface area contributed by atoms with Gasteiger partial charge < -0.3 is 9.63 Å². The molecule has 1 aromatic heterocycles. The molecule has 2 aliphatic carbocycles. The lowest BCUT2D eigenvalue weighted by molar-refractivity contribution is -0.137. The summed E-state index contributed by atoms with van der Waals surface area (Å²) in [6.45, 7) is 0. The van der Waals surface area contributed by atoms with E-state index >= 15 is 0 Å². The number of nitrogens with one attached hydrogen (secondary N) is 1. The molecule has 2 saturated carbocycles. The highest BCUT2D eigenvalue weighted by Crippen LogP contribution is 2.58. The molecule has 26 heavy (non-hydrogen) atoms. The van der Waals surface area contributed by atoms with E-state index in [0.717, 1.165) is 25.2 Å². The SMILES string of the molecule is O=C(O)CCc1noc(C2(CC(=O)NO)CC2CCC2CCCCC2)n1. The van der Waals surface area contributed by atoms with Crippen molar-refractivity contribution in [3.05, 3.63) is 11.7 Å². The van der Waals surface area contributed by atoms with Gasteiger partial charge in [-0.05, 0) is 24.7 Å². The molecule has 1 amide bonds. The molecule has 0 spiro atoms. The molecule has 2 unspecified atom stereocenters. The predicted octanol–water partition coefficient (Wildman–Crippen LogP) is 2.60. The van der Waals surface area contributed by atoms with Crippen LogP contribution in [-0.2, 0) is 21.4 Å². The first-order valence-electron chi connectivity index (χ1n) is 9.51. The van der Waals surface area contributed by atoms with Crippen LogP contribution in [0.1, 0.15) is 75.9 Å². The number of carbonyl (C=O) groups excluding carboxylic acids is 1. The molecule has 0 saturated heterocycles. The first kappa shape index (κ1) is 18.8. The average molecular weight is 365 g/mol. The number of amides is 1. The summed E-state index contributed by atoms with van der Waals surface area (Å²) in [5.41, 5.74) is 1.18. The lowest BCUT2D eigenvalue weighted by Gasteiger charge is -2.21. The monoisotopic (exact) mass is 365 g/mol. The van der Waals surface area contributed by atoms with Crippen molar-refractivity contribution < 1.29 is 24.4 Å². The molecule has 0 radical (unpaired) electrons. The quantitative estimate of drug-likeness (QED) is 0.453. The van der Waals surface area contributed by atoms with Gasteiger partial charge in [0.05, 0.1) is 11.8 Å². The van der Waals surface area contributed by atoms with Crippen LogP contribution in [0.4, 0.5) is 0 Å². The molecular weight excluding hydrogens is 338 g/mol. The molecule has 8 nitrogen and oxygen atoms in total. The lowest BCUT2D eigenvalue weighted by Crippen LogP contribution is -2.26. The highest BCUT2D eigenvalue weighted by atomic mass is 16.5. The third kappa shape index (κ3) is 4.41. The fraction of sp³-hybridized carbons (Fsp3) is 0.778. The van der Waals surface area contributed by atoms with E-state index in [2.05, 4.69) is 10.1 Å². The number of aromatic nitrogens is 2. The van der Waals surface area contributed by atoms with Gasteiger partial charge in [0.1, 0.15) is 0 Å². The van der Waals surface area contributed by atoms with Gasteiger partial charge in [0.25, 0.3) is 0 Å². The van der Waals surface area contributed by atoms with E-state index in [9.17, 15) is 9.59 Å². The number of carbonyl (C=O) groups is 2. The maximum Gasteiger partial charge on any atom is 0.303 e. The van der Waals surface area contributed by atoms with Crippen molar-refractivity contribution in [2.24, 2.45) is 11.8 Å². The summed E-state index contributed by atoms with van der Waals surface area (Å²) in [5, 5.41) is 21.6. The highest BCUT2D eigenvalue weighted by Gasteiger charge is 2.59. The third-order valence-corrected chi connectivity index (χ3v) is 5.94.